The lowest BCUT2D eigenvalue weighted by Gasteiger charge is -2.28. The van der Waals surface area contributed by atoms with Crippen molar-refractivity contribution in [2.24, 2.45) is 5.92 Å². The zero-order valence-corrected chi connectivity index (χ0v) is 12.4. The monoisotopic (exact) mass is 310 g/mol. The third kappa shape index (κ3) is 3.15. The molecule has 0 radical (unpaired) electrons. The van der Waals surface area contributed by atoms with Crippen molar-refractivity contribution < 1.29 is 14.6 Å². The highest BCUT2D eigenvalue weighted by molar-refractivity contribution is 6.31. The first kappa shape index (κ1) is 14.6. The van der Waals surface area contributed by atoms with Crippen LogP contribution < -0.4 is 15.4 Å². The van der Waals surface area contributed by atoms with E-state index >= 15 is 0 Å². The van der Waals surface area contributed by atoms with Crippen molar-refractivity contribution in [1.82, 2.24) is 10.6 Å². The van der Waals surface area contributed by atoms with E-state index < -0.39 is 6.10 Å². The molecule has 2 atom stereocenters. The van der Waals surface area contributed by atoms with Gasteiger partial charge >= 0.3 is 0 Å². The third-order valence-electron chi connectivity index (χ3n) is 4.11. The van der Waals surface area contributed by atoms with Crippen LogP contribution in [-0.4, -0.2) is 43.4 Å². The van der Waals surface area contributed by atoms with Crippen molar-refractivity contribution in [2.45, 2.75) is 18.9 Å². The van der Waals surface area contributed by atoms with Crippen molar-refractivity contribution in [2.75, 3.05) is 26.2 Å². The molecule has 0 aromatic heterocycles. The second kappa shape index (κ2) is 6.22. The quantitative estimate of drug-likeness (QED) is 0.778. The number of ether oxygens (including phenoxy) is 1. The molecule has 0 spiro atoms. The summed E-state index contributed by atoms with van der Waals surface area (Å²) in [6, 6.07) is 3.48. The number of benzene rings is 1. The normalized spacial score (nSPS) is 24.3. The Hall–Kier alpha value is -1.30. The van der Waals surface area contributed by atoms with Crippen LogP contribution in [0, 0.1) is 5.92 Å². The van der Waals surface area contributed by atoms with Gasteiger partial charge in [-0.2, -0.15) is 0 Å². The van der Waals surface area contributed by atoms with Gasteiger partial charge in [-0.15, -0.1) is 0 Å². The number of β-amino-alcohol motifs (C(OH)–C–C–N with tert-alkyl or cyclic N) is 1. The van der Waals surface area contributed by atoms with E-state index in [2.05, 4.69) is 10.6 Å². The van der Waals surface area contributed by atoms with Gasteiger partial charge in [-0.3, -0.25) is 4.79 Å². The lowest BCUT2D eigenvalue weighted by molar-refractivity contribution is 0.0752. The maximum Gasteiger partial charge on any atom is 0.255 e. The second-order valence-corrected chi connectivity index (χ2v) is 6.01. The third-order valence-corrected chi connectivity index (χ3v) is 4.33. The van der Waals surface area contributed by atoms with Gasteiger partial charge in [0.2, 0.25) is 0 Å². The minimum absolute atomic E-state index is 0.0864. The van der Waals surface area contributed by atoms with E-state index in [1.54, 1.807) is 6.07 Å². The fraction of sp³-hybridized carbons (Fsp3) is 0.533. The molecule has 1 aromatic rings. The highest BCUT2D eigenvalue weighted by Gasteiger charge is 2.25. The predicted molar refractivity (Wildman–Crippen MR) is 80.0 cm³/mol. The average Bonchev–Trinajstić information content (AvgIpc) is 2.93. The van der Waals surface area contributed by atoms with E-state index in [1.165, 1.54) is 0 Å². The van der Waals surface area contributed by atoms with Gasteiger partial charge in [0, 0.05) is 30.5 Å². The van der Waals surface area contributed by atoms with Crippen molar-refractivity contribution >= 4 is 17.5 Å². The van der Waals surface area contributed by atoms with Crippen molar-refractivity contribution in [1.29, 1.82) is 0 Å². The van der Waals surface area contributed by atoms with E-state index in [0.717, 1.165) is 24.9 Å². The fourth-order valence-electron chi connectivity index (χ4n) is 2.89. The molecule has 114 valence electrons. The first-order valence-electron chi connectivity index (χ1n) is 7.27. The summed E-state index contributed by atoms with van der Waals surface area (Å²) in [7, 11) is 0. The van der Waals surface area contributed by atoms with Crippen LogP contribution in [0.1, 0.15) is 22.3 Å². The van der Waals surface area contributed by atoms with E-state index in [1.807, 2.05) is 6.07 Å². The Kier molecular flexibility index (Phi) is 4.33. The number of piperidine rings is 1. The van der Waals surface area contributed by atoms with Crippen LogP contribution in [-0.2, 0) is 6.42 Å². The lowest BCUT2D eigenvalue weighted by atomic mass is 9.95. The molecule has 1 amide bonds. The molecule has 3 N–H and O–H groups in total. The molecule has 3 rings (SSSR count). The Balaban J connectivity index is 1.68. The number of carbonyl (C=O) groups excluding carboxylic acids is 1. The van der Waals surface area contributed by atoms with Gasteiger partial charge < -0.3 is 20.5 Å². The summed E-state index contributed by atoms with van der Waals surface area (Å²) in [6.07, 6.45) is 1.22. The summed E-state index contributed by atoms with van der Waals surface area (Å²) < 4.78 is 5.54. The van der Waals surface area contributed by atoms with E-state index in [9.17, 15) is 9.90 Å². The molecular weight excluding hydrogens is 292 g/mol. The summed E-state index contributed by atoms with van der Waals surface area (Å²) in [5.41, 5.74) is 1.47. The number of aliphatic hydroxyl groups excluding tert-OH is 1. The Morgan fingerprint density at radius 1 is 1.52 bits per heavy atom. The van der Waals surface area contributed by atoms with Crippen LogP contribution in [0.3, 0.4) is 0 Å². The first-order valence-corrected chi connectivity index (χ1v) is 7.65. The number of hydrogen-bond acceptors (Lipinski definition) is 4. The summed E-state index contributed by atoms with van der Waals surface area (Å²) >= 11 is 6.06. The molecule has 2 aliphatic heterocycles. The van der Waals surface area contributed by atoms with Crippen molar-refractivity contribution in [3.05, 3.63) is 28.3 Å². The molecule has 2 aliphatic rings. The van der Waals surface area contributed by atoms with Gasteiger partial charge in [-0.05, 0) is 30.7 Å². The maximum absolute atomic E-state index is 12.4. The molecule has 6 heteroatoms. The van der Waals surface area contributed by atoms with Gasteiger partial charge in [0.25, 0.3) is 5.91 Å². The number of rotatable bonds is 3. The summed E-state index contributed by atoms with van der Waals surface area (Å²) in [5.74, 6) is 0.535. The molecular formula is C15H19ClN2O3. The number of nitrogens with one attached hydrogen (secondary N) is 2. The topological polar surface area (TPSA) is 70.6 Å². The zero-order chi connectivity index (χ0) is 14.8. The van der Waals surface area contributed by atoms with Gasteiger partial charge in [0.1, 0.15) is 5.75 Å². The highest BCUT2D eigenvalue weighted by Crippen LogP contribution is 2.32. The number of hydrogen-bond donors (Lipinski definition) is 3. The SMILES string of the molecule is O=C(NCC1CCNCC1O)c1cc(Cl)cc2c1OCC2. The lowest BCUT2D eigenvalue weighted by Crippen LogP contribution is -2.45. The number of halogens is 1. The standard InChI is InChI=1S/C15H19ClN2O3/c16-11-5-9-2-4-21-14(9)12(6-11)15(20)18-7-10-1-3-17-8-13(10)19/h5-6,10,13,17,19H,1-4,7-8H2,(H,18,20). The summed E-state index contributed by atoms with van der Waals surface area (Å²) in [5, 5.41) is 16.5. The van der Waals surface area contributed by atoms with Crippen LogP contribution >= 0.6 is 11.6 Å². The second-order valence-electron chi connectivity index (χ2n) is 5.57. The van der Waals surface area contributed by atoms with Crippen LogP contribution in [0.2, 0.25) is 5.02 Å². The fourth-order valence-corrected chi connectivity index (χ4v) is 3.13. The number of amides is 1. The van der Waals surface area contributed by atoms with E-state index in [4.69, 9.17) is 16.3 Å². The summed E-state index contributed by atoms with van der Waals surface area (Å²) in [4.78, 5) is 12.4. The maximum atomic E-state index is 12.4. The predicted octanol–water partition coefficient (Wildman–Crippen LogP) is 0.975. The van der Waals surface area contributed by atoms with Crippen molar-refractivity contribution in [3.63, 3.8) is 0 Å². The first-order chi connectivity index (χ1) is 10.1. The Bertz CT molecular complexity index is 550. The van der Waals surface area contributed by atoms with Crippen LogP contribution in [0.25, 0.3) is 0 Å². The number of aliphatic hydroxyl groups is 1. The molecule has 0 bridgehead atoms. The summed E-state index contributed by atoms with van der Waals surface area (Å²) in [6.45, 7) is 2.50. The van der Waals surface area contributed by atoms with Crippen LogP contribution in [0.15, 0.2) is 12.1 Å². The largest absolute Gasteiger partial charge is 0.492 e. The Morgan fingerprint density at radius 2 is 2.38 bits per heavy atom. The van der Waals surface area contributed by atoms with Gasteiger partial charge in [-0.25, -0.2) is 0 Å². The Labute approximate surface area is 128 Å². The molecule has 1 aromatic carbocycles. The molecule has 2 heterocycles. The Morgan fingerprint density at radius 3 is 3.19 bits per heavy atom. The minimum Gasteiger partial charge on any atom is -0.492 e. The van der Waals surface area contributed by atoms with Crippen molar-refractivity contribution in [3.8, 4) is 5.75 Å². The van der Waals surface area contributed by atoms with Gasteiger partial charge in [0.05, 0.1) is 18.3 Å². The van der Waals surface area contributed by atoms with Gasteiger partial charge in [0.15, 0.2) is 0 Å². The van der Waals surface area contributed by atoms with E-state index in [0.29, 0.717) is 36.0 Å². The minimum atomic E-state index is -0.416. The van der Waals surface area contributed by atoms with Gasteiger partial charge in [-0.1, -0.05) is 11.6 Å². The van der Waals surface area contributed by atoms with Crippen LogP contribution in [0.5, 0.6) is 5.75 Å². The molecule has 0 saturated carbocycles. The molecule has 1 fully saturated rings. The number of carbonyl (C=O) groups is 1. The zero-order valence-electron chi connectivity index (χ0n) is 11.7. The molecule has 0 aliphatic carbocycles. The van der Waals surface area contributed by atoms with E-state index in [-0.39, 0.29) is 11.8 Å². The molecule has 1 saturated heterocycles. The molecule has 2 unspecified atom stereocenters. The highest BCUT2D eigenvalue weighted by atomic mass is 35.5. The molecule has 21 heavy (non-hydrogen) atoms. The molecule has 5 nitrogen and oxygen atoms in total. The number of fused-ring (bicyclic) bond motifs is 1. The van der Waals surface area contributed by atoms with Crippen LogP contribution in [0.4, 0.5) is 0 Å². The smallest absolute Gasteiger partial charge is 0.255 e. The average molecular weight is 311 g/mol.